The normalized spacial score (nSPS) is 13.0. The monoisotopic (exact) mass is 531 g/mol. The van der Waals surface area contributed by atoms with Crippen LogP contribution in [0.15, 0.2) is 64.1 Å². The zero-order chi connectivity index (χ0) is 25.9. The van der Waals surface area contributed by atoms with Crippen LogP contribution in [0.25, 0.3) is 6.08 Å². The Morgan fingerprint density at radius 1 is 1.11 bits per heavy atom. The number of aryl methyl sites for hydroxylation is 3. The van der Waals surface area contributed by atoms with Gasteiger partial charge in [-0.25, -0.2) is 0 Å². The predicted molar refractivity (Wildman–Crippen MR) is 136 cm³/mol. The summed E-state index contributed by atoms with van der Waals surface area (Å²) in [5.41, 5.74) is 4.41. The molecule has 9 heteroatoms. The third-order valence-corrected chi connectivity index (χ3v) is 7.67. The molecule has 1 aromatic heterocycles. The molecule has 7 nitrogen and oxygen atoms in total. The maximum atomic E-state index is 13.7. The SMILES string of the molecule is Cc1ccc(S(=O)(=O)N(CC(C)C)c2cc3c(cc2OCc2ccc(C=CC(=O)[O-])cc2)CCC3)o1.[Na+]. The van der Waals surface area contributed by atoms with Crippen molar-refractivity contribution in [2.45, 2.75) is 51.7 Å². The van der Waals surface area contributed by atoms with Crippen LogP contribution in [0, 0.1) is 12.8 Å². The van der Waals surface area contributed by atoms with Crippen LogP contribution in [0.1, 0.15) is 48.3 Å². The van der Waals surface area contributed by atoms with E-state index in [1.807, 2.05) is 38.1 Å². The van der Waals surface area contributed by atoms with Crippen molar-refractivity contribution in [3.05, 3.63) is 82.6 Å². The fourth-order valence-corrected chi connectivity index (χ4v) is 5.86. The minimum atomic E-state index is -3.94. The van der Waals surface area contributed by atoms with E-state index in [1.165, 1.54) is 22.0 Å². The van der Waals surface area contributed by atoms with Gasteiger partial charge < -0.3 is 19.1 Å². The number of furan rings is 1. The number of benzene rings is 2. The van der Waals surface area contributed by atoms with E-state index in [0.717, 1.165) is 42.0 Å². The molecule has 190 valence electrons. The van der Waals surface area contributed by atoms with E-state index in [0.29, 0.717) is 17.2 Å². The molecule has 0 bridgehead atoms. The molecule has 3 aromatic rings. The van der Waals surface area contributed by atoms with Crippen molar-refractivity contribution in [2.24, 2.45) is 5.92 Å². The molecule has 0 saturated carbocycles. The van der Waals surface area contributed by atoms with Gasteiger partial charge in [0.1, 0.15) is 18.1 Å². The van der Waals surface area contributed by atoms with Gasteiger partial charge in [-0.1, -0.05) is 44.2 Å². The van der Waals surface area contributed by atoms with E-state index in [9.17, 15) is 18.3 Å². The molecular formula is C28H30NNaO6S. The van der Waals surface area contributed by atoms with Crippen LogP contribution in [0.5, 0.6) is 5.75 Å². The van der Waals surface area contributed by atoms with Crippen LogP contribution in [0.4, 0.5) is 5.69 Å². The van der Waals surface area contributed by atoms with Gasteiger partial charge in [0.2, 0.25) is 5.09 Å². The van der Waals surface area contributed by atoms with Crippen LogP contribution in [-0.4, -0.2) is 20.9 Å². The summed E-state index contributed by atoms with van der Waals surface area (Å²) in [5, 5.41) is 10.5. The number of fused-ring (bicyclic) bond motifs is 1. The maximum absolute atomic E-state index is 13.7. The minimum Gasteiger partial charge on any atom is -0.545 e. The molecule has 0 aliphatic heterocycles. The molecule has 4 rings (SSSR count). The summed E-state index contributed by atoms with van der Waals surface area (Å²) >= 11 is 0. The van der Waals surface area contributed by atoms with E-state index >= 15 is 0 Å². The Labute approximate surface area is 240 Å². The second kappa shape index (κ2) is 12.3. The first-order valence-electron chi connectivity index (χ1n) is 12.0. The number of carbonyl (C=O) groups excluding carboxylic acids is 1. The topological polar surface area (TPSA) is 99.9 Å². The van der Waals surface area contributed by atoms with Gasteiger partial charge in [0, 0.05) is 6.54 Å². The Morgan fingerprint density at radius 2 is 1.78 bits per heavy atom. The van der Waals surface area contributed by atoms with Gasteiger partial charge in [0.15, 0.2) is 0 Å². The summed E-state index contributed by atoms with van der Waals surface area (Å²) in [6.45, 7) is 6.16. The van der Waals surface area contributed by atoms with Gasteiger partial charge in [-0.3, -0.25) is 4.31 Å². The second-order valence-electron chi connectivity index (χ2n) is 9.42. The van der Waals surface area contributed by atoms with Crippen molar-refractivity contribution < 1.29 is 57.0 Å². The largest absolute Gasteiger partial charge is 1.00 e. The summed E-state index contributed by atoms with van der Waals surface area (Å²) in [6, 6.07) is 14.3. The number of carboxylic acid groups (broad SMARTS) is 1. The van der Waals surface area contributed by atoms with Gasteiger partial charge in [-0.15, -0.1) is 0 Å². The molecule has 0 atom stereocenters. The molecule has 1 aliphatic rings. The van der Waals surface area contributed by atoms with Crippen molar-refractivity contribution >= 4 is 27.8 Å². The number of rotatable bonds is 10. The first-order valence-corrected chi connectivity index (χ1v) is 13.4. The number of anilines is 1. The Bertz CT molecular complexity index is 1380. The first kappa shape index (κ1) is 29.0. The number of ether oxygens (including phenoxy) is 1. The molecule has 0 spiro atoms. The fraction of sp³-hybridized carbons (Fsp3) is 0.321. The molecule has 1 aliphatic carbocycles. The van der Waals surface area contributed by atoms with E-state index < -0.39 is 16.0 Å². The van der Waals surface area contributed by atoms with Gasteiger partial charge in [-0.2, -0.15) is 8.42 Å². The van der Waals surface area contributed by atoms with Crippen LogP contribution < -0.4 is 43.7 Å². The van der Waals surface area contributed by atoms with Crippen molar-refractivity contribution in [1.29, 1.82) is 0 Å². The second-order valence-corrected chi connectivity index (χ2v) is 11.2. The number of carbonyl (C=O) groups is 1. The summed E-state index contributed by atoms with van der Waals surface area (Å²) < 4.78 is 40.5. The molecule has 0 N–H and O–H groups in total. The Balaban J connectivity index is 0.00000380. The number of carboxylic acids is 1. The molecule has 1 heterocycles. The summed E-state index contributed by atoms with van der Waals surface area (Å²) in [6.07, 6.45) is 5.29. The van der Waals surface area contributed by atoms with Crippen LogP contribution in [-0.2, 0) is 34.3 Å². The summed E-state index contributed by atoms with van der Waals surface area (Å²) in [5.74, 6) is -0.152. The smallest absolute Gasteiger partial charge is 0.545 e. The van der Waals surface area contributed by atoms with Crippen molar-refractivity contribution in [3.8, 4) is 5.75 Å². The van der Waals surface area contributed by atoms with Crippen LogP contribution >= 0.6 is 0 Å². The van der Waals surface area contributed by atoms with Crippen LogP contribution in [0.2, 0.25) is 0 Å². The number of aliphatic carboxylic acids is 1. The Hall–Kier alpha value is -2.52. The average Bonchev–Trinajstić information content (AvgIpc) is 3.48. The molecule has 0 radical (unpaired) electrons. The quantitative estimate of drug-likeness (QED) is 0.289. The molecule has 37 heavy (non-hydrogen) atoms. The first-order chi connectivity index (χ1) is 17.1. The maximum Gasteiger partial charge on any atom is 1.00 e. The standard InChI is InChI=1S/C28H31NO6S.Na/c1-19(2)17-29(36(32,33)28-14-7-20(3)35-28)25-15-23-5-4-6-24(23)16-26(25)34-18-22-10-8-21(9-11-22)12-13-27(30)31;/h7-16,19H,4-6,17-18H2,1-3H3,(H,30,31);/q;+1/p-1. The Kier molecular flexibility index (Phi) is 9.69. The van der Waals surface area contributed by atoms with Gasteiger partial charge >= 0.3 is 29.6 Å². The van der Waals surface area contributed by atoms with Crippen molar-refractivity contribution in [2.75, 3.05) is 10.8 Å². The van der Waals surface area contributed by atoms with E-state index in [4.69, 9.17) is 9.15 Å². The summed E-state index contributed by atoms with van der Waals surface area (Å²) in [4.78, 5) is 10.6. The number of hydrogen-bond donors (Lipinski definition) is 0. The molecule has 0 unspecified atom stereocenters. The van der Waals surface area contributed by atoms with Gasteiger partial charge in [0.25, 0.3) is 10.0 Å². The van der Waals surface area contributed by atoms with E-state index in [2.05, 4.69) is 0 Å². The van der Waals surface area contributed by atoms with Crippen LogP contribution in [0.3, 0.4) is 0 Å². The van der Waals surface area contributed by atoms with Gasteiger partial charge in [-0.05, 0) is 84.7 Å². The zero-order valence-corrected chi connectivity index (χ0v) is 24.5. The molecule has 0 amide bonds. The number of sulfonamides is 1. The van der Waals surface area contributed by atoms with Crippen molar-refractivity contribution in [1.82, 2.24) is 0 Å². The fourth-order valence-electron chi connectivity index (χ4n) is 4.27. The molecule has 0 fully saturated rings. The predicted octanol–water partition coefficient (Wildman–Crippen LogP) is 1.27. The van der Waals surface area contributed by atoms with E-state index in [-0.39, 0.29) is 53.7 Å². The number of hydrogen-bond acceptors (Lipinski definition) is 6. The third-order valence-electron chi connectivity index (χ3n) is 6.02. The molecule has 0 saturated heterocycles. The zero-order valence-electron chi connectivity index (χ0n) is 21.7. The van der Waals surface area contributed by atoms with Gasteiger partial charge in [0.05, 0.1) is 11.7 Å². The molecular weight excluding hydrogens is 501 g/mol. The Morgan fingerprint density at radius 3 is 2.38 bits per heavy atom. The average molecular weight is 532 g/mol. The summed E-state index contributed by atoms with van der Waals surface area (Å²) in [7, 11) is -3.94. The minimum absolute atomic E-state index is 0. The van der Waals surface area contributed by atoms with E-state index in [1.54, 1.807) is 25.1 Å². The third kappa shape index (κ3) is 7.08. The molecule has 2 aromatic carbocycles. The van der Waals surface area contributed by atoms with Crippen molar-refractivity contribution in [3.63, 3.8) is 0 Å². The number of nitrogens with zero attached hydrogens (tertiary/aromatic N) is 1.